The monoisotopic (exact) mass is 324 g/mol. The number of carbonyl (C=O) groups excluding carboxylic acids is 3. The summed E-state index contributed by atoms with van der Waals surface area (Å²) >= 11 is 0. The van der Waals surface area contributed by atoms with Gasteiger partial charge < -0.3 is 10.8 Å². The average Bonchev–Trinajstić information content (AvgIpc) is 2.68. The number of carboxylic acids is 1. The van der Waals surface area contributed by atoms with Crippen LogP contribution in [0.25, 0.3) is 0 Å². The Balaban J connectivity index is 2.85. The lowest BCUT2D eigenvalue weighted by atomic mass is 10.0. The van der Waals surface area contributed by atoms with E-state index in [0.717, 1.165) is 30.6 Å². The third-order valence-electron chi connectivity index (χ3n) is 4.01. The number of carboxylic acid groups (broad SMARTS) is 1. The lowest BCUT2D eigenvalue weighted by Crippen LogP contribution is -2.46. The molecule has 0 saturated heterocycles. The van der Waals surface area contributed by atoms with E-state index >= 15 is 0 Å². The molecule has 0 saturated carbocycles. The summed E-state index contributed by atoms with van der Waals surface area (Å²) in [5.41, 5.74) is 5.72. The van der Waals surface area contributed by atoms with Gasteiger partial charge in [-0.15, -0.1) is 0 Å². The molecule has 0 spiro atoms. The van der Waals surface area contributed by atoms with Gasteiger partial charge >= 0.3 is 5.97 Å². The van der Waals surface area contributed by atoms with Gasteiger partial charge in [-0.3, -0.25) is 19.3 Å². The van der Waals surface area contributed by atoms with Crippen LogP contribution >= 0.6 is 0 Å². The van der Waals surface area contributed by atoms with E-state index < -0.39 is 29.7 Å². The Bertz CT molecular complexity index is 539. The Morgan fingerprint density at radius 1 is 1.17 bits per heavy atom. The minimum absolute atomic E-state index is 0.168. The van der Waals surface area contributed by atoms with Crippen molar-refractivity contribution in [2.24, 2.45) is 5.73 Å². The number of aliphatic carboxylic acids is 1. The Morgan fingerprint density at radius 2 is 1.83 bits per heavy atom. The van der Waals surface area contributed by atoms with Gasteiger partial charge in [0.25, 0.3) is 11.8 Å². The fourth-order valence-electron chi connectivity index (χ4n) is 2.66. The minimum Gasteiger partial charge on any atom is -0.480 e. The highest BCUT2D eigenvalue weighted by Crippen LogP contribution is 2.28. The lowest BCUT2D eigenvalue weighted by Gasteiger charge is -2.22. The first-order valence-corrected chi connectivity index (χ1v) is 7.90. The molecule has 1 atom stereocenters. The van der Waals surface area contributed by atoms with Gasteiger partial charge in [0.1, 0.15) is 6.04 Å². The first-order valence-electron chi connectivity index (χ1n) is 7.90. The number of hydrogen-bond acceptors (Lipinski definition) is 4. The summed E-state index contributed by atoms with van der Waals surface area (Å²) in [5, 5.41) is 9.28. The highest BCUT2D eigenvalue weighted by atomic mass is 16.4. The van der Waals surface area contributed by atoms with Gasteiger partial charge in [-0.2, -0.15) is 0 Å². The van der Waals surface area contributed by atoms with Crippen molar-refractivity contribution in [1.82, 2.24) is 4.90 Å². The second-order valence-electron chi connectivity index (χ2n) is 5.75. The Labute approximate surface area is 135 Å². The van der Waals surface area contributed by atoms with Crippen LogP contribution in [0.1, 0.15) is 58.8 Å². The molecule has 7 heteroatoms. The normalized spacial score (nSPS) is 16.2. The van der Waals surface area contributed by atoms with E-state index in [4.69, 9.17) is 5.73 Å². The molecule has 0 aromatic rings. The zero-order valence-corrected chi connectivity index (χ0v) is 13.6. The van der Waals surface area contributed by atoms with Gasteiger partial charge in [0, 0.05) is 17.6 Å². The number of unbranched alkanes of at least 4 members (excludes halogenated alkanes) is 3. The molecule has 128 valence electrons. The largest absolute Gasteiger partial charge is 0.480 e. The number of primary amides is 1. The van der Waals surface area contributed by atoms with Crippen LogP contribution < -0.4 is 5.73 Å². The maximum absolute atomic E-state index is 12.4. The van der Waals surface area contributed by atoms with Crippen LogP contribution in [-0.4, -0.2) is 39.7 Å². The second-order valence-corrected chi connectivity index (χ2v) is 5.75. The number of hydrogen-bond donors (Lipinski definition) is 2. The summed E-state index contributed by atoms with van der Waals surface area (Å²) < 4.78 is 0. The molecule has 1 unspecified atom stereocenters. The van der Waals surface area contributed by atoms with E-state index in [1.165, 1.54) is 0 Å². The smallest absolute Gasteiger partial charge is 0.326 e. The molecule has 0 bridgehead atoms. The van der Waals surface area contributed by atoms with Crippen LogP contribution in [0.15, 0.2) is 11.1 Å². The summed E-state index contributed by atoms with van der Waals surface area (Å²) in [7, 11) is 0. The summed E-state index contributed by atoms with van der Waals surface area (Å²) in [6, 6.07) is -1.36. The van der Waals surface area contributed by atoms with Crippen LogP contribution in [0.2, 0.25) is 0 Å². The Morgan fingerprint density at radius 3 is 2.35 bits per heavy atom. The first kappa shape index (κ1) is 18.9. The molecule has 3 amide bonds. The van der Waals surface area contributed by atoms with E-state index in [1.807, 2.05) is 0 Å². The molecule has 0 aliphatic carbocycles. The van der Waals surface area contributed by atoms with Crippen molar-refractivity contribution in [1.29, 1.82) is 0 Å². The number of nitrogens with zero attached hydrogens (tertiary/aromatic N) is 1. The van der Waals surface area contributed by atoms with E-state index in [2.05, 4.69) is 6.92 Å². The Kier molecular flexibility index (Phi) is 6.93. The van der Waals surface area contributed by atoms with Crippen molar-refractivity contribution < 1.29 is 24.3 Å². The van der Waals surface area contributed by atoms with Crippen LogP contribution in [0.4, 0.5) is 0 Å². The highest BCUT2D eigenvalue weighted by Gasteiger charge is 2.42. The van der Waals surface area contributed by atoms with Crippen LogP contribution in [-0.2, 0) is 19.2 Å². The molecule has 0 aromatic carbocycles. The highest BCUT2D eigenvalue weighted by molar-refractivity contribution is 6.20. The van der Waals surface area contributed by atoms with Gasteiger partial charge in [0.05, 0.1) is 0 Å². The number of nitrogens with two attached hydrogens (primary N) is 1. The van der Waals surface area contributed by atoms with Gasteiger partial charge in [0.15, 0.2) is 0 Å². The number of rotatable bonds is 10. The summed E-state index contributed by atoms with van der Waals surface area (Å²) in [5.74, 6) is -3.12. The maximum atomic E-state index is 12.4. The van der Waals surface area contributed by atoms with Crippen LogP contribution in [0, 0.1) is 0 Å². The van der Waals surface area contributed by atoms with E-state index in [1.54, 1.807) is 6.92 Å². The molecular weight excluding hydrogens is 300 g/mol. The summed E-state index contributed by atoms with van der Waals surface area (Å²) in [6.45, 7) is 3.62. The first-order chi connectivity index (χ1) is 10.8. The number of imide groups is 1. The number of amides is 3. The minimum atomic E-state index is -1.36. The molecule has 1 heterocycles. The fraction of sp³-hybridized carbons (Fsp3) is 0.625. The van der Waals surface area contributed by atoms with Gasteiger partial charge in [-0.25, -0.2) is 4.79 Å². The molecule has 23 heavy (non-hydrogen) atoms. The molecule has 1 aliphatic heterocycles. The second kappa shape index (κ2) is 8.45. The third kappa shape index (κ3) is 4.64. The molecule has 7 nitrogen and oxygen atoms in total. The van der Waals surface area contributed by atoms with Crippen molar-refractivity contribution in [3.8, 4) is 0 Å². The summed E-state index contributed by atoms with van der Waals surface area (Å²) in [6.07, 6.45) is 3.96. The molecular formula is C16H24N2O5. The molecule has 0 radical (unpaired) electrons. The van der Waals surface area contributed by atoms with E-state index in [0.29, 0.717) is 17.6 Å². The average molecular weight is 324 g/mol. The predicted octanol–water partition coefficient (Wildman–Crippen LogP) is 1.36. The van der Waals surface area contributed by atoms with Crippen LogP contribution in [0.5, 0.6) is 0 Å². The van der Waals surface area contributed by atoms with Gasteiger partial charge in [0.2, 0.25) is 5.91 Å². The van der Waals surface area contributed by atoms with Gasteiger partial charge in [-0.05, 0) is 26.2 Å². The van der Waals surface area contributed by atoms with Crippen molar-refractivity contribution in [3.63, 3.8) is 0 Å². The molecule has 0 aromatic heterocycles. The molecule has 3 N–H and O–H groups in total. The van der Waals surface area contributed by atoms with Crippen LogP contribution in [0.3, 0.4) is 0 Å². The van der Waals surface area contributed by atoms with Crippen molar-refractivity contribution in [3.05, 3.63) is 11.1 Å². The molecule has 1 aliphatic rings. The van der Waals surface area contributed by atoms with Crippen molar-refractivity contribution in [2.75, 3.05) is 0 Å². The van der Waals surface area contributed by atoms with E-state index in [-0.39, 0.29) is 12.8 Å². The lowest BCUT2D eigenvalue weighted by molar-refractivity contribution is -0.154. The van der Waals surface area contributed by atoms with Crippen molar-refractivity contribution in [2.45, 2.75) is 64.8 Å². The zero-order valence-electron chi connectivity index (χ0n) is 13.6. The molecule has 1 rings (SSSR count). The topological polar surface area (TPSA) is 118 Å². The standard InChI is InChI=1S/C16H24N2O5/c1-3-4-5-6-7-11-10(2)14(20)18(15(11)21)12(16(22)23)8-9-13(17)19/h12H,3-9H2,1-2H3,(H2,17,19)(H,22,23). The predicted molar refractivity (Wildman–Crippen MR) is 83.2 cm³/mol. The third-order valence-corrected chi connectivity index (χ3v) is 4.01. The van der Waals surface area contributed by atoms with Crippen molar-refractivity contribution >= 4 is 23.7 Å². The van der Waals surface area contributed by atoms with Gasteiger partial charge in [-0.1, -0.05) is 26.2 Å². The zero-order chi connectivity index (χ0) is 17.6. The summed E-state index contributed by atoms with van der Waals surface area (Å²) in [4.78, 5) is 47.7. The quantitative estimate of drug-likeness (QED) is 0.464. The number of carbonyl (C=O) groups is 4. The molecule has 0 fully saturated rings. The van der Waals surface area contributed by atoms with E-state index in [9.17, 15) is 24.3 Å². The SMILES string of the molecule is CCCCCCC1=C(C)C(=O)N(C(CCC(N)=O)C(=O)O)C1=O. The fourth-order valence-corrected chi connectivity index (χ4v) is 2.66. The Hall–Kier alpha value is -2.18. The maximum Gasteiger partial charge on any atom is 0.326 e.